The molecule has 2 aromatic heterocycles. The van der Waals surface area contributed by atoms with E-state index >= 15 is 0 Å². The van der Waals surface area contributed by atoms with Crippen LogP contribution in [0.2, 0.25) is 4.47 Å². The van der Waals surface area contributed by atoms with Gasteiger partial charge in [-0.15, -0.1) is 10.2 Å². The van der Waals surface area contributed by atoms with Gasteiger partial charge < -0.3 is 5.32 Å². The summed E-state index contributed by atoms with van der Waals surface area (Å²) in [4.78, 5) is 14.9. The molecule has 0 saturated heterocycles. The van der Waals surface area contributed by atoms with E-state index in [1.54, 1.807) is 0 Å². The number of aromatic nitrogens is 3. The highest BCUT2D eigenvalue weighted by Crippen LogP contribution is 2.16. The van der Waals surface area contributed by atoms with Crippen molar-refractivity contribution < 1.29 is 9.18 Å². The Morgan fingerprint density at radius 2 is 2.25 bits per heavy atom. The Kier molecular flexibility index (Phi) is 3.07. The Morgan fingerprint density at radius 1 is 1.44 bits per heavy atom. The molecule has 0 saturated carbocycles. The number of nitrogens with one attached hydrogen (secondary N) is 1. The average Bonchev–Trinajstić information content (AvgIpc) is 2.68. The van der Waals surface area contributed by atoms with Gasteiger partial charge in [0.15, 0.2) is 0 Å². The predicted molar refractivity (Wildman–Crippen MR) is 57.1 cm³/mol. The summed E-state index contributed by atoms with van der Waals surface area (Å²) in [6.45, 7) is 0. The van der Waals surface area contributed by atoms with Gasteiger partial charge in [0, 0.05) is 0 Å². The highest BCUT2D eigenvalue weighted by Gasteiger charge is 2.12. The van der Waals surface area contributed by atoms with Gasteiger partial charge in [0.05, 0.1) is 11.9 Å². The van der Waals surface area contributed by atoms with E-state index in [0.717, 1.165) is 17.4 Å². The average molecular weight is 259 g/mol. The van der Waals surface area contributed by atoms with Gasteiger partial charge in [-0.05, 0) is 23.7 Å². The van der Waals surface area contributed by atoms with Gasteiger partial charge in [0.1, 0.15) is 0 Å². The van der Waals surface area contributed by atoms with E-state index in [4.69, 9.17) is 11.6 Å². The van der Waals surface area contributed by atoms with Crippen LogP contribution in [0.4, 0.5) is 10.1 Å². The molecule has 2 rings (SSSR count). The highest BCUT2D eigenvalue weighted by atomic mass is 35.5. The Morgan fingerprint density at radius 3 is 2.81 bits per heavy atom. The first-order chi connectivity index (χ1) is 7.65. The first-order valence-electron chi connectivity index (χ1n) is 4.07. The second-order valence-corrected chi connectivity index (χ2v) is 4.24. The van der Waals surface area contributed by atoms with E-state index < -0.39 is 11.9 Å². The number of rotatable bonds is 2. The number of hydrogen-bond donors (Lipinski definition) is 1. The lowest BCUT2D eigenvalue weighted by Crippen LogP contribution is -2.11. The minimum absolute atomic E-state index is 0.134. The molecule has 2 heterocycles. The van der Waals surface area contributed by atoms with Crippen molar-refractivity contribution in [3.8, 4) is 0 Å². The Balaban J connectivity index is 2.10. The molecule has 0 radical (unpaired) electrons. The molecular weight excluding hydrogens is 255 g/mol. The molecule has 0 atom stereocenters. The monoisotopic (exact) mass is 258 g/mol. The number of amides is 1. The van der Waals surface area contributed by atoms with Crippen LogP contribution >= 0.6 is 22.9 Å². The molecule has 1 amide bonds. The van der Waals surface area contributed by atoms with Gasteiger partial charge in [-0.1, -0.05) is 11.3 Å². The summed E-state index contributed by atoms with van der Waals surface area (Å²) >= 11 is 6.49. The van der Waals surface area contributed by atoms with Crippen molar-refractivity contribution in [2.75, 3.05) is 5.32 Å². The van der Waals surface area contributed by atoms with Crippen LogP contribution in [0.15, 0.2) is 18.3 Å². The van der Waals surface area contributed by atoms with Gasteiger partial charge in [-0.3, -0.25) is 4.79 Å². The lowest BCUT2D eigenvalue weighted by atomic mass is 10.4. The minimum Gasteiger partial charge on any atom is -0.318 e. The molecule has 0 spiro atoms. The summed E-state index contributed by atoms with van der Waals surface area (Å²) in [5.74, 6) is -1.07. The van der Waals surface area contributed by atoms with Crippen molar-refractivity contribution in [1.82, 2.24) is 15.2 Å². The summed E-state index contributed by atoms with van der Waals surface area (Å²) in [5.41, 5.74) is 0.373. The molecule has 1 N–H and O–H groups in total. The van der Waals surface area contributed by atoms with Crippen LogP contribution < -0.4 is 5.32 Å². The quantitative estimate of drug-likeness (QED) is 0.837. The van der Waals surface area contributed by atoms with Crippen molar-refractivity contribution in [3.05, 3.63) is 33.8 Å². The third kappa shape index (κ3) is 2.50. The summed E-state index contributed by atoms with van der Waals surface area (Å²) in [5, 5.41) is 9.66. The second-order valence-electron chi connectivity index (χ2n) is 2.68. The van der Waals surface area contributed by atoms with Gasteiger partial charge >= 0.3 is 0 Å². The zero-order valence-electron chi connectivity index (χ0n) is 7.65. The number of halogens is 2. The van der Waals surface area contributed by atoms with E-state index in [0.29, 0.717) is 5.69 Å². The van der Waals surface area contributed by atoms with Crippen LogP contribution in [0, 0.1) is 5.95 Å². The number of carbonyl (C=O) groups excluding carboxylic acids is 1. The maximum Gasteiger partial charge on any atom is 0.286 e. The van der Waals surface area contributed by atoms with Crippen LogP contribution in [0.25, 0.3) is 0 Å². The standard InChI is InChI=1S/C8H4ClFN4OS/c9-8-14-13-7(16-8)6(15)12-4-1-2-5(10)11-3-4/h1-3H,(H,12,15). The predicted octanol–water partition coefficient (Wildman–Crippen LogP) is 1.98. The summed E-state index contributed by atoms with van der Waals surface area (Å²) in [7, 11) is 0. The van der Waals surface area contributed by atoms with Crippen molar-refractivity contribution in [2.24, 2.45) is 0 Å². The van der Waals surface area contributed by atoms with Gasteiger partial charge in [0.25, 0.3) is 5.91 Å². The Labute approximate surface area is 98.3 Å². The van der Waals surface area contributed by atoms with Gasteiger partial charge in [-0.2, -0.15) is 4.39 Å². The van der Waals surface area contributed by atoms with Gasteiger partial charge in [-0.25, -0.2) is 4.98 Å². The minimum atomic E-state index is -0.614. The zero-order chi connectivity index (χ0) is 11.5. The van der Waals surface area contributed by atoms with Crippen LogP contribution in [0.3, 0.4) is 0 Å². The number of pyridine rings is 1. The maximum atomic E-state index is 12.5. The molecule has 0 aliphatic heterocycles. The molecule has 82 valence electrons. The van der Waals surface area contributed by atoms with Crippen LogP contribution in [0.5, 0.6) is 0 Å². The Hall–Kier alpha value is -1.60. The number of carbonyl (C=O) groups is 1. The van der Waals surface area contributed by atoms with E-state index in [9.17, 15) is 9.18 Å². The molecule has 5 nitrogen and oxygen atoms in total. The third-order valence-electron chi connectivity index (χ3n) is 1.58. The lowest BCUT2D eigenvalue weighted by Gasteiger charge is -2.00. The molecule has 0 aliphatic carbocycles. The normalized spacial score (nSPS) is 10.1. The summed E-state index contributed by atoms with van der Waals surface area (Å²) in [6.07, 6.45) is 1.20. The zero-order valence-corrected chi connectivity index (χ0v) is 9.22. The SMILES string of the molecule is O=C(Nc1ccc(F)nc1)c1nnc(Cl)s1. The third-order valence-corrected chi connectivity index (χ3v) is 2.60. The second kappa shape index (κ2) is 4.50. The molecule has 0 aromatic carbocycles. The number of nitrogens with zero attached hydrogens (tertiary/aromatic N) is 3. The van der Waals surface area contributed by atoms with E-state index in [1.165, 1.54) is 12.3 Å². The molecule has 0 bridgehead atoms. The Bertz CT molecular complexity index is 515. The van der Waals surface area contributed by atoms with E-state index in [2.05, 4.69) is 20.5 Å². The molecule has 2 aromatic rings. The largest absolute Gasteiger partial charge is 0.318 e. The fourth-order valence-corrected chi connectivity index (χ4v) is 1.66. The van der Waals surface area contributed by atoms with Crippen LogP contribution in [0.1, 0.15) is 9.80 Å². The topological polar surface area (TPSA) is 67.8 Å². The highest BCUT2D eigenvalue weighted by molar-refractivity contribution is 7.17. The smallest absolute Gasteiger partial charge is 0.286 e. The molecular formula is C8H4ClFN4OS. The van der Waals surface area contributed by atoms with Crippen LogP contribution in [-0.4, -0.2) is 21.1 Å². The van der Waals surface area contributed by atoms with Crippen LogP contribution in [-0.2, 0) is 0 Å². The number of anilines is 1. The van der Waals surface area contributed by atoms with E-state index in [-0.39, 0.29) is 9.47 Å². The maximum absolute atomic E-state index is 12.5. The first kappa shape index (κ1) is 10.9. The summed E-state index contributed by atoms with van der Waals surface area (Å²) < 4.78 is 12.7. The first-order valence-corrected chi connectivity index (χ1v) is 5.26. The molecule has 8 heteroatoms. The summed E-state index contributed by atoms with van der Waals surface area (Å²) in [6, 6.07) is 2.53. The fourth-order valence-electron chi connectivity index (χ4n) is 0.931. The van der Waals surface area contributed by atoms with E-state index in [1.807, 2.05) is 0 Å². The van der Waals surface area contributed by atoms with Crippen molar-refractivity contribution >= 4 is 34.5 Å². The molecule has 16 heavy (non-hydrogen) atoms. The molecule has 0 unspecified atom stereocenters. The number of hydrogen-bond acceptors (Lipinski definition) is 5. The fraction of sp³-hybridized carbons (Fsp3) is 0. The van der Waals surface area contributed by atoms with Gasteiger partial charge in [0.2, 0.25) is 15.4 Å². The molecule has 0 fully saturated rings. The lowest BCUT2D eigenvalue weighted by molar-refractivity contribution is 0.102. The molecule has 0 aliphatic rings. The van der Waals surface area contributed by atoms with Crippen molar-refractivity contribution in [1.29, 1.82) is 0 Å². The van der Waals surface area contributed by atoms with Crippen molar-refractivity contribution in [3.63, 3.8) is 0 Å². The van der Waals surface area contributed by atoms with Crippen molar-refractivity contribution in [2.45, 2.75) is 0 Å².